The lowest BCUT2D eigenvalue weighted by atomic mass is 10.1. The standard InChI is InChI=1S/C18H17F4NO2/c1-8(6-23)5-11-12(18(11,3)4)17(24)25-7-10-15(21)13(19)9(2)14(20)16(10)22/h5,11-12H,7H2,1-4H3. The Labute approximate surface area is 142 Å². The van der Waals surface area contributed by atoms with Crippen molar-refractivity contribution < 1.29 is 27.1 Å². The summed E-state index contributed by atoms with van der Waals surface area (Å²) in [5.41, 5.74) is -1.78. The van der Waals surface area contributed by atoms with Gasteiger partial charge in [-0.3, -0.25) is 4.79 Å². The third kappa shape index (κ3) is 3.26. The summed E-state index contributed by atoms with van der Waals surface area (Å²) in [6.45, 7) is 5.17. The van der Waals surface area contributed by atoms with Gasteiger partial charge in [-0.15, -0.1) is 0 Å². The van der Waals surface area contributed by atoms with Gasteiger partial charge in [0, 0.05) is 11.1 Å². The molecular formula is C18H17F4NO2. The molecule has 2 rings (SSSR count). The Morgan fingerprint density at radius 1 is 1.20 bits per heavy atom. The predicted octanol–water partition coefficient (Wildman–Crippen LogP) is 4.34. The van der Waals surface area contributed by atoms with Crippen LogP contribution in [-0.4, -0.2) is 5.97 Å². The second kappa shape index (κ2) is 6.51. The Bertz CT molecular complexity index is 779. The number of carbonyl (C=O) groups excluding carboxylic acids is 1. The number of halogens is 4. The van der Waals surface area contributed by atoms with E-state index in [4.69, 9.17) is 10.00 Å². The van der Waals surface area contributed by atoms with E-state index in [-0.39, 0.29) is 5.92 Å². The number of nitrogens with zero attached hydrogens (tertiary/aromatic N) is 1. The Morgan fingerprint density at radius 3 is 2.20 bits per heavy atom. The van der Waals surface area contributed by atoms with Gasteiger partial charge in [0.05, 0.1) is 17.6 Å². The first-order valence-electron chi connectivity index (χ1n) is 7.60. The van der Waals surface area contributed by atoms with Gasteiger partial charge in [0.2, 0.25) is 0 Å². The summed E-state index contributed by atoms with van der Waals surface area (Å²) in [5, 5.41) is 8.81. The monoisotopic (exact) mass is 355 g/mol. The molecule has 0 N–H and O–H groups in total. The molecule has 3 nitrogen and oxygen atoms in total. The molecule has 7 heteroatoms. The second-order valence-corrected chi connectivity index (χ2v) is 6.75. The molecule has 0 saturated heterocycles. The molecule has 0 bridgehead atoms. The van der Waals surface area contributed by atoms with E-state index in [1.165, 1.54) is 0 Å². The number of hydrogen-bond donors (Lipinski definition) is 0. The largest absolute Gasteiger partial charge is 0.460 e. The average Bonchev–Trinajstić information content (AvgIpc) is 3.10. The number of ether oxygens (including phenoxy) is 1. The minimum atomic E-state index is -1.57. The zero-order valence-corrected chi connectivity index (χ0v) is 14.2. The summed E-state index contributed by atoms with van der Waals surface area (Å²) in [6.07, 6.45) is 1.64. The van der Waals surface area contributed by atoms with Crippen LogP contribution in [0.2, 0.25) is 0 Å². The van der Waals surface area contributed by atoms with Crippen molar-refractivity contribution in [2.24, 2.45) is 17.3 Å². The molecule has 2 atom stereocenters. The molecule has 134 valence electrons. The fourth-order valence-corrected chi connectivity index (χ4v) is 2.89. The highest BCUT2D eigenvalue weighted by molar-refractivity contribution is 5.78. The van der Waals surface area contributed by atoms with Crippen LogP contribution in [0.25, 0.3) is 0 Å². The van der Waals surface area contributed by atoms with Gasteiger partial charge in [-0.2, -0.15) is 5.26 Å². The predicted molar refractivity (Wildman–Crippen MR) is 80.9 cm³/mol. The molecule has 2 unspecified atom stereocenters. The van der Waals surface area contributed by atoms with Crippen molar-refractivity contribution >= 4 is 5.97 Å². The number of benzene rings is 1. The van der Waals surface area contributed by atoms with Gasteiger partial charge in [-0.25, -0.2) is 17.6 Å². The van der Waals surface area contributed by atoms with Crippen LogP contribution in [0.4, 0.5) is 17.6 Å². The van der Waals surface area contributed by atoms with E-state index >= 15 is 0 Å². The van der Waals surface area contributed by atoms with Crippen molar-refractivity contribution in [3.05, 3.63) is 46.0 Å². The minimum absolute atomic E-state index is 0.249. The maximum atomic E-state index is 13.8. The first-order chi connectivity index (χ1) is 11.5. The van der Waals surface area contributed by atoms with Gasteiger partial charge in [0.1, 0.15) is 6.61 Å². The number of carbonyl (C=O) groups is 1. The summed E-state index contributed by atoms with van der Waals surface area (Å²) in [5.74, 6) is -7.75. The maximum Gasteiger partial charge on any atom is 0.310 e. The van der Waals surface area contributed by atoms with Crippen molar-refractivity contribution in [3.63, 3.8) is 0 Å². The van der Waals surface area contributed by atoms with Crippen molar-refractivity contribution in [1.29, 1.82) is 5.26 Å². The molecule has 1 aromatic carbocycles. The van der Waals surface area contributed by atoms with Crippen LogP contribution in [0, 0.1) is 58.8 Å². The third-order valence-electron chi connectivity index (χ3n) is 4.70. The summed E-state index contributed by atoms with van der Waals surface area (Å²) >= 11 is 0. The quantitative estimate of drug-likeness (QED) is 0.349. The van der Waals surface area contributed by atoms with Crippen molar-refractivity contribution in [3.8, 4) is 6.07 Å². The lowest BCUT2D eigenvalue weighted by molar-refractivity contribution is -0.147. The number of nitriles is 1. The zero-order valence-electron chi connectivity index (χ0n) is 14.2. The van der Waals surface area contributed by atoms with Crippen LogP contribution in [0.15, 0.2) is 11.6 Å². The van der Waals surface area contributed by atoms with Crippen molar-refractivity contribution in [1.82, 2.24) is 0 Å². The topological polar surface area (TPSA) is 50.1 Å². The molecule has 1 aliphatic carbocycles. The third-order valence-corrected chi connectivity index (χ3v) is 4.70. The van der Waals surface area contributed by atoms with Crippen LogP contribution in [0.5, 0.6) is 0 Å². The van der Waals surface area contributed by atoms with Gasteiger partial charge in [-0.1, -0.05) is 19.9 Å². The molecule has 0 heterocycles. The minimum Gasteiger partial charge on any atom is -0.460 e. The van der Waals surface area contributed by atoms with Crippen LogP contribution in [-0.2, 0) is 16.1 Å². The summed E-state index contributed by atoms with van der Waals surface area (Å²) in [4.78, 5) is 12.2. The van der Waals surface area contributed by atoms with Gasteiger partial charge in [0.15, 0.2) is 23.3 Å². The van der Waals surface area contributed by atoms with E-state index in [9.17, 15) is 22.4 Å². The molecule has 1 fully saturated rings. The Kier molecular flexibility index (Phi) is 4.94. The Morgan fingerprint density at radius 2 is 1.72 bits per heavy atom. The Hall–Kier alpha value is -2.36. The van der Waals surface area contributed by atoms with Crippen LogP contribution >= 0.6 is 0 Å². The van der Waals surface area contributed by atoms with Crippen molar-refractivity contribution in [2.45, 2.75) is 34.3 Å². The lowest BCUT2D eigenvalue weighted by Crippen LogP contribution is -2.14. The summed E-state index contributed by atoms with van der Waals surface area (Å²) in [6, 6.07) is 1.95. The molecule has 1 aromatic rings. The van der Waals surface area contributed by atoms with E-state index in [2.05, 4.69) is 0 Å². The number of rotatable bonds is 4. The number of esters is 1. The molecule has 1 saturated carbocycles. The number of allylic oxidation sites excluding steroid dienone is 2. The van der Waals surface area contributed by atoms with Crippen LogP contribution in [0.3, 0.4) is 0 Å². The lowest BCUT2D eigenvalue weighted by Gasteiger charge is -2.10. The SMILES string of the molecule is CC(C#N)=CC1C(C(=O)OCc2c(F)c(F)c(C)c(F)c2F)C1(C)C. The fourth-order valence-electron chi connectivity index (χ4n) is 2.89. The molecule has 0 aliphatic heterocycles. The van der Waals surface area contributed by atoms with Crippen LogP contribution < -0.4 is 0 Å². The zero-order chi connectivity index (χ0) is 19.1. The molecular weight excluding hydrogens is 338 g/mol. The van der Waals surface area contributed by atoms with Crippen molar-refractivity contribution in [2.75, 3.05) is 0 Å². The first-order valence-corrected chi connectivity index (χ1v) is 7.60. The van der Waals surface area contributed by atoms with E-state index in [0.29, 0.717) is 5.57 Å². The first kappa shape index (κ1) is 19.0. The van der Waals surface area contributed by atoms with Gasteiger partial charge < -0.3 is 4.74 Å². The van der Waals surface area contributed by atoms with E-state index in [1.54, 1.807) is 26.8 Å². The maximum absolute atomic E-state index is 13.8. The summed E-state index contributed by atoms with van der Waals surface area (Å²) < 4.78 is 59.5. The fraction of sp³-hybridized carbons (Fsp3) is 0.444. The molecule has 0 amide bonds. The molecule has 0 spiro atoms. The molecule has 1 aliphatic rings. The smallest absolute Gasteiger partial charge is 0.310 e. The van der Waals surface area contributed by atoms with Gasteiger partial charge in [-0.05, 0) is 25.2 Å². The van der Waals surface area contributed by atoms with Gasteiger partial charge in [0.25, 0.3) is 0 Å². The molecule has 0 radical (unpaired) electrons. The molecule has 25 heavy (non-hydrogen) atoms. The molecule has 0 aromatic heterocycles. The average molecular weight is 355 g/mol. The Balaban J connectivity index is 2.16. The highest BCUT2D eigenvalue weighted by Crippen LogP contribution is 2.59. The van der Waals surface area contributed by atoms with E-state index < -0.39 is 58.3 Å². The highest BCUT2D eigenvalue weighted by Gasteiger charge is 2.61. The van der Waals surface area contributed by atoms with E-state index in [1.807, 2.05) is 6.07 Å². The highest BCUT2D eigenvalue weighted by atomic mass is 19.2. The van der Waals surface area contributed by atoms with E-state index in [0.717, 1.165) is 6.92 Å². The number of hydrogen-bond acceptors (Lipinski definition) is 3. The normalized spacial score (nSPS) is 21.6. The van der Waals surface area contributed by atoms with Crippen LogP contribution in [0.1, 0.15) is 31.9 Å². The second-order valence-electron chi connectivity index (χ2n) is 6.75. The summed E-state index contributed by atoms with van der Waals surface area (Å²) in [7, 11) is 0. The van der Waals surface area contributed by atoms with Gasteiger partial charge >= 0.3 is 5.97 Å².